The van der Waals surface area contributed by atoms with Crippen LogP contribution in [0.25, 0.3) is 0 Å². The van der Waals surface area contributed by atoms with Gasteiger partial charge in [-0.25, -0.2) is 4.79 Å². The van der Waals surface area contributed by atoms with Gasteiger partial charge in [-0.3, -0.25) is 0 Å². The van der Waals surface area contributed by atoms with E-state index in [1.165, 1.54) is 0 Å². The third-order valence-electron chi connectivity index (χ3n) is 1.75. The second-order valence-corrected chi connectivity index (χ2v) is 3.83. The van der Waals surface area contributed by atoms with Crippen molar-refractivity contribution < 1.29 is 9.53 Å². The first kappa shape index (κ1) is 13.2. The topological polar surface area (TPSA) is 38.3 Å². The predicted octanol–water partition coefficient (Wildman–Crippen LogP) is 1.74. The van der Waals surface area contributed by atoms with Gasteiger partial charge in [0.15, 0.2) is 0 Å². The maximum atomic E-state index is 11.5. The van der Waals surface area contributed by atoms with Crippen LogP contribution in [0.5, 0.6) is 0 Å². The summed E-state index contributed by atoms with van der Waals surface area (Å²) in [6, 6.07) is -0.364. The highest BCUT2D eigenvalue weighted by atomic mass is 16.5. The monoisotopic (exact) mass is 199 g/mol. The van der Waals surface area contributed by atoms with Gasteiger partial charge >= 0.3 is 5.97 Å². The predicted molar refractivity (Wildman–Crippen MR) is 58.1 cm³/mol. The molecule has 0 saturated carbocycles. The number of hydrogen-bond donors (Lipinski definition) is 1. The van der Waals surface area contributed by atoms with Gasteiger partial charge in [0.25, 0.3) is 0 Å². The molecule has 0 aliphatic heterocycles. The molecule has 1 atom stereocenters. The maximum absolute atomic E-state index is 11.5. The zero-order valence-electron chi connectivity index (χ0n) is 9.59. The van der Waals surface area contributed by atoms with E-state index in [1.807, 2.05) is 6.92 Å². The van der Waals surface area contributed by atoms with Crippen molar-refractivity contribution in [2.24, 2.45) is 5.92 Å². The van der Waals surface area contributed by atoms with E-state index in [2.05, 4.69) is 25.7 Å². The number of hydrogen-bond acceptors (Lipinski definition) is 3. The lowest BCUT2D eigenvalue weighted by atomic mass is 10.1. The van der Waals surface area contributed by atoms with Gasteiger partial charge in [-0.1, -0.05) is 26.0 Å². The number of carbonyl (C=O) groups excluding carboxylic acids is 1. The van der Waals surface area contributed by atoms with Gasteiger partial charge in [-0.2, -0.15) is 0 Å². The van der Waals surface area contributed by atoms with Crippen LogP contribution in [-0.4, -0.2) is 25.2 Å². The minimum absolute atomic E-state index is 0.236. The van der Waals surface area contributed by atoms with Gasteiger partial charge in [0, 0.05) is 0 Å². The summed E-state index contributed by atoms with van der Waals surface area (Å²) in [7, 11) is 0. The average Bonchev–Trinajstić information content (AvgIpc) is 2.03. The largest absolute Gasteiger partial charge is 0.465 e. The van der Waals surface area contributed by atoms with E-state index in [9.17, 15) is 4.79 Å². The fourth-order valence-corrected chi connectivity index (χ4v) is 1.04. The minimum Gasteiger partial charge on any atom is -0.465 e. The summed E-state index contributed by atoms with van der Waals surface area (Å²) >= 11 is 0. The molecule has 0 saturated heterocycles. The molecular weight excluding hydrogens is 178 g/mol. The van der Waals surface area contributed by atoms with Crippen LogP contribution in [0.4, 0.5) is 0 Å². The smallest absolute Gasteiger partial charge is 0.327 e. The van der Waals surface area contributed by atoms with Crippen molar-refractivity contribution in [3.63, 3.8) is 0 Å². The fraction of sp³-hybridized carbons (Fsp3) is 0.727. The van der Waals surface area contributed by atoms with Crippen molar-refractivity contribution in [2.75, 3.05) is 13.2 Å². The van der Waals surface area contributed by atoms with Gasteiger partial charge in [0.05, 0.1) is 6.61 Å². The molecular formula is C11H21NO2. The molecule has 0 aliphatic rings. The lowest BCUT2D eigenvalue weighted by Gasteiger charge is -2.18. The van der Waals surface area contributed by atoms with Crippen LogP contribution in [0.1, 0.15) is 27.7 Å². The lowest BCUT2D eigenvalue weighted by molar-refractivity contribution is -0.144. The van der Waals surface area contributed by atoms with Crippen LogP contribution in [0.3, 0.4) is 0 Å². The molecule has 0 amide bonds. The highest BCUT2D eigenvalue weighted by Gasteiger charge is 2.19. The van der Waals surface area contributed by atoms with Crippen molar-refractivity contribution in [1.29, 1.82) is 0 Å². The first-order chi connectivity index (χ1) is 6.49. The summed E-state index contributed by atoms with van der Waals surface area (Å²) in [5.41, 5.74) is 0.795. The molecule has 0 fully saturated rings. The first-order valence-electron chi connectivity index (χ1n) is 5.04. The van der Waals surface area contributed by atoms with Crippen molar-refractivity contribution in [2.45, 2.75) is 33.7 Å². The van der Waals surface area contributed by atoms with Crippen LogP contribution in [0.15, 0.2) is 12.2 Å². The number of esters is 1. The standard InChI is InChI=1S/C11H21NO2/c1-6-14-11(13)10(9(4)5)12-7-8(2)3/h8,10,12H,4,6-7H2,1-3,5H3. The molecule has 0 aliphatic carbocycles. The third-order valence-corrected chi connectivity index (χ3v) is 1.75. The van der Waals surface area contributed by atoms with Crippen LogP contribution in [0.2, 0.25) is 0 Å². The number of rotatable bonds is 6. The van der Waals surface area contributed by atoms with Gasteiger partial charge < -0.3 is 10.1 Å². The molecule has 3 nitrogen and oxygen atoms in total. The fourth-order valence-electron chi connectivity index (χ4n) is 1.04. The van der Waals surface area contributed by atoms with Crippen molar-refractivity contribution >= 4 is 5.97 Å². The number of ether oxygens (including phenoxy) is 1. The minimum atomic E-state index is -0.364. The molecule has 0 radical (unpaired) electrons. The van der Waals surface area contributed by atoms with Crippen LogP contribution >= 0.6 is 0 Å². The molecule has 82 valence electrons. The van der Waals surface area contributed by atoms with Gasteiger partial charge in [-0.05, 0) is 26.3 Å². The Labute approximate surface area is 86.5 Å². The van der Waals surface area contributed by atoms with E-state index in [0.29, 0.717) is 12.5 Å². The van der Waals surface area contributed by atoms with E-state index in [-0.39, 0.29) is 12.0 Å². The van der Waals surface area contributed by atoms with Crippen LogP contribution in [-0.2, 0) is 9.53 Å². The molecule has 1 unspecified atom stereocenters. The van der Waals surface area contributed by atoms with Gasteiger partial charge in [0.1, 0.15) is 6.04 Å². The van der Waals surface area contributed by atoms with Crippen LogP contribution in [0, 0.1) is 5.92 Å². The average molecular weight is 199 g/mol. The summed E-state index contributed by atoms with van der Waals surface area (Å²) in [5, 5.41) is 3.13. The summed E-state index contributed by atoms with van der Waals surface area (Å²) in [6.07, 6.45) is 0. The van der Waals surface area contributed by atoms with E-state index in [0.717, 1.165) is 12.1 Å². The molecule has 0 aromatic carbocycles. The zero-order valence-corrected chi connectivity index (χ0v) is 9.59. The van der Waals surface area contributed by atoms with Crippen molar-refractivity contribution in [1.82, 2.24) is 5.32 Å². The lowest BCUT2D eigenvalue weighted by Crippen LogP contribution is -2.40. The summed E-state index contributed by atoms with van der Waals surface area (Å²) in [5.74, 6) is 0.270. The van der Waals surface area contributed by atoms with E-state index in [1.54, 1.807) is 6.92 Å². The Morgan fingerprint density at radius 1 is 1.50 bits per heavy atom. The molecule has 0 rings (SSSR count). The highest BCUT2D eigenvalue weighted by molar-refractivity contribution is 5.79. The van der Waals surface area contributed by atoms with Crippen molar-refractivity contribution in [3.8, 4) is 0 Å². The normalized spacial score (nSPS) is 12.6. The van der Waals surface area contributed by atoms with E-state index >= 15 is 0 Å². The Morgan fingerprint density at radius 3 is 2.43 bits per heavy atom. The highest BCUT2D eigenvalue weighted by Crippen LogP contribution is 2.02. The maximum Gasteiger partial charge on any atom is 0.327 e. The van der Waals surface area contributed by atoms with E-state index in [4.69, 9.17) is 4.74 Å². The quantitative estimate of drug-likeness (QED) is 0.523. The Morgan fingerprint density at radius 2 is 2.07 bits per heavy atom. The van der Waals surface area contributed by atoms with E-state index < -0.39 is 0 Å². The van der Waals surface area contributed by atoms with Crippen LogP contribution < -0.4 is 5.32 Å². The third kappa shape index (κ3) is 5.02. The molecule has 1 N–H and O–H groups in total. The second kappa shape index (κ2) is 6.60. The molecule has 14 heavy (non-hydrogen) atoms. The summed E-state index contributed by atoms with van der Waals surface area (Å²) in [4.78, 5) is 11.5. The molecule has 0 aromatic rings. The summed E-state index contributed by atoms with van der Waals surface area (Å²) < 4.78 is 4.94. The zero-order chi connectivity index (χ0) is 11.1. The molecule has 0 heterocycles. The first-order valence-corrected chi connectivity index (χ1v) is 5.04. The Kier molecular flexibility index (Phi) is 6.21. The van der Waals surface area contributed by atoms with Crippen molar-refractivity contribution in [3.05, 3.63) is 12.2 Å². The summed E-state index contributed by atoms with van der Waals surface area (Å²) in [6.45, 7) is 12.8. The second-order valence-electron chi connectivity index (χ2n) is 3.83. The van der Waals surface area contributed by atoms with Gasteiger partial charge in [-0.15, -0.1) is 0 Å². The molecule has 0 aromatic heterocycles. The molecule has 3 heteroatoms. The Hall–Kier alpha value is -0.830. The van der Waals surface area contributed by atoms with Gasteiger partial charge in [0.2, 0.25) is 0 Å². The Bertz CT molecular complexity index is 199. The number of nitrogens with one attached hydrogen (secondary N) is 1. The number of carbonyl (C=O) groups is 1. The molecule has 0 spiro atoms. The SMILES string of the molecule is C=C(C)C(NCC(C)C)C(=O)OCC. The Balaban J connectivity index is 4.15. The molecule has 0 bridgehead atoms.